The summed E-state index contributed by atoms with van der Waals surface area (Å²) in [5.74, 6) is 0.218. The summed E-state index contributed by atoms with van der Waals surface area (Å²) in [6.45, 7) is 6.00. The summed E-state index contributed by atoms with van der Waals surface area (Å²) >= 11 is 5.75. The maximum absolute atomic E-state index is 12.4. The first-order valence-corrected chi connectivity index (χ1v) is 9.85. The Kier molecular flexibility index (Phi) is 6.45. The van der Waals surface area contributed by atoms with Gasteiger partial charge in [-0.25, -0.2) is 19.9 Å². The Bertz CT molecular complexity index is 1110. The van der Waals surface area contributed by atoms with Gasteiger partial charge in [0.25, 0.3) is 5.91 Å². The van der Waals surface area contributed by atoms with Crippen LogP contribution in [0.2, 0.25) is 5.28 Å². The quantitative estimate of drug-likeness (QED) is 0.328. The molecule has 0 aliphatic rings. The third-order valence-corrected chi connectivity index (χ3v) is 4.66. The third-order valence-electron chi connectivity index (χ3n) is 4.47. The molecule has 0 aliphatic carbocycles. The summed E-state index contributed by atoms with van der Waals surface area (Å²) in [6, 6.07) is 9.04. The number of hydrogen-bond acceptors (Lipinski definition) is 8. The van der Waals surface area contributed by atoms with Crippen molar-refractivity contribution in [3.05, 3.63) is 70.5 Å². The first-order valence-electron chi connectivity index (χ1n) is 9.47. The van der Waals surface area contributed by atoms with Crippen LogP contribution in [0.15, 0.2) is 42.9 Å². The molecule has 0 atom stereocenters. The number of aryl methyl sites for hydroxylation is 1. The summed E-state index contributed by atoms with van der Waals surface area (Å²) in [5.41, 5.74) is 8.02. The molecular formula is C21H23ClN8O. The van der Waals surface area contributed by atoms with Crippen molar-refractivity contribution in [2.24, 2.45) is 0 Å². The number of nitrogen functional groups attached to an aromatic ring is 1. The highest BCUT2D eigenvalue weighted by molar-refractivity contribution is 6.28. The number of nitrogens with zero attached hydrogens (tertiary/aromatic N) is 4. The smallest absolute Gasteiger partial charge is 0.270 e. The largest absolute Gasteiger partial charge is 0.383 e. The number of aromatic nitrogens is 4. The molecule has 160 valence electrons. The van der Waals surface area contributed by atoms with Crippen LogP contribution in [-0.2, 0) is 0 Å². The molecule has 31 heavy (non-hydrogen) atoms. The lowest BCUT2D eigenvalue weighted by Gasteiger charge is -2.28. The van der Waals surface area contributed by atoms with Gasteiger partial charge in [0, 0.05) is 18.3 Å². The van der Waals surface area contributed by atoms with Gasteiger partial charge in [-0.3, -0.25) is 10.2 Å². The first-order chi connectivity index (χ1) is 14.7. The highest BCUT2D eigenvalue weighted by Crippen LogP contribution is 2.24. The standard InChI is InChI=1S/C21H23ClN8O/c1-12-4-6-13(7-5-12)16(23)15-17(24)27-11-28-18(15)30-21(2,3)10-26-19(31)14-8-9-25-20(22)29-14/h4-9,11,23H,10H2,1-3H3,(H,26,31)(H3,24,27,28,30). The Morgan fingerprint density at radius 1 is 1.16 bits per heavy atom. The molecule has 0 spiro atoms. The second-order valence-corrected chi connectivity index (χ2v) is 7.96. The molecule has 9 nitrogen and oxygen atoms in total. The van der Waals surface area contributed by atoms with Crippen LogP contribution in [0, 0.1) is 12.3 Å². The Morgan fingerprint density at radius 3 is 2.55 bits per heavy atom. The van der Waals surface area contributed by atoms with Gasteiger partial charge >= 0.3 is 0 Å². The van der Waals surface area contributed by atoms with Crippen molar-refractivity contribution in [2.45, 2.75) is 26.3 Å². The highest BCUT2D eigenvalue weighted by Gasteiger charge is 2.24. The fourth-order valence-electron chi connectivity index (χ4n) is 2.82. The Hall–Kier alpha value is -3.59. The molecule has 1 aromatic carbocycles. The molecule has 0 unspecified atom stereocenters. The fourth-order valence-corrected chi connectivity index (χ4v) is 2.97. The number of rotatable bonds is 7. The summed E-state index contributed by atoms with van der Waals surface area (Å²) in [6.07, 6.45) is 2.75. The van der Waals surface area contributed by atoms with Crippen molar-refractivity contribution in [1.82, 2.24) is 25.3 Å². The molecule has 0 saturated heterocycles. The predicted molar refractivity (Wildman–Crippen MR) is 121 cm³/mol. The van der Waals surface area contributed by atoms with Crippen molar-refractivity contribution in [3.8, 4) is 0 Å². The summed E-state index contributed by atoms with van der Waals surface area (Å²) in [7, 11) is 0. The van der Waals surface area contributed by atoms with E-state index >= 15 is 0 Å². The van der Waals surface area contributed by atoms with Crippen molar-refractivity contribution in [2.75, 3.05) is 17.6 Å². The number of nitrogens with one attached hydrogen (secondary N) is 3. The van der Waals surface area contributed by atoms with Crippen LogP contribution in [0.1, 0.15) is 41.0 Å². The average molecular weight is 439 g/mol. The van der Waals surface area contributed by atoms with Crippen LogP contribution in [0.4, 0.5) is 11.6 Å². The van der Waals surface area contributed by atoms with E-state index in [0.29, 0.717) is 16.9 Å². The second-order valence-electron chi connectivity index (χ2n) is 7.63. The summed E-state index contributed by atoms with van der Waals surface area (Å²) in [4.78, 5) is 28.4. The molecule has 10 heteroatoms. The van der Waals surface area contributed by atoms with Crippen LogP contribution in [0.5, 0.6) is 0 Å². The lowest BCUT2D eigenvalue weighted by atomic mass is 10.00. The van der Waals surface area contributed by atoms with Gasteiger partial charge in [-0.15, -0.1) is 0 Å². The molecule has 2 aromatic heterocycles. The van der Waals surface area contributed by atoms with Crippen LogP contribution in [0.3, 0.4) is 0 Å². The Balaban J connectivity index is 1.78. The lowest BCUT2D eigenvalue weighted by molar-refractivity contribution is 0.0942. The average Bonchev–Trinajstić information content (AvgIpc) is 2.72. The topological polar surface area (TPSA) is 143 Å². The van der Waals surface area contributed by atoms with Gasteiger partial charge in [0.2, 0.25) is 5.28 Å². The number of carbonyl (C=O) groups is 1. The number of halogens is 1. The van der Waals surface area contributed by atoms with Crippen LogP contribution >= 0.6 is 11.6 Å². The fraction of sp³-hybridized carbons (Fsp3) is 0.238. The number of benzene rings is 1. The predicted octanol–water partition coefficient (Wildman–Crippen LogP) is 2.85. The van der Waals surface area contributed by atoms with Gasteiger partial charge in [0.1, 0.15) is 23.7 Å². The molecular weight excluding hydrogens is 416 g/mol. The van der Waals surface area contributed by atoms with Crippen LogP contribution in [0.25, 0.3) is 0 Å². The van der Waals surface area contributed by atoms with Crippen LogP contribution < -0.4 is 16.4 Å². The van der Waals surface area contributed by atoms with E-state index in [1.54, 1.807) is 0 Å². The maximum atomic E-state index is 12.4. The minimum absolute atomic E-state index is 0.000700. The van der Waals surface area contributed by atoms with E-state index in [1.807, 2.05) is 45.0 Å². The van der Waals surface area contributed by atoms with Crippen molar-refractivity contribution in [1.29, 1.82) is 5.41 Å². The molecule has 0 radical (unpaired) electrons. The third kappa shape index (κ3) is 5.52. The van der Waals surface area contributed by atoms with E-state index in [9.17, 15) is 4.79 Å². The molecule has 3 aromatic rings. The minimum atomic E-state index is -0.629. The second kappa shape index (κ2) is 9.05. The zero-order valence-corrected chi connectivity index (χ0v) is 18.2. The van der Waals surface area contributed by atoms with Gasteiger partial charge in [0.05, 0.1) is 16.8 Å². The highest BCUT2D eigenvalue weighted by atomic mass is 35.5. The molecule has 3 rings (SSSR count). The number of amides is 1. The van der Waals surface area contributed by atoms with Crippen molar-refractivity contribution < 1.29 is 4.79 Å². The Labute approximate surface area is 185 Å². The van der Waals surface area contributed by atoms with Crippen molar-refractivity contribution in [3.63, 3.8) is 0 Å². The van der Waals surface area contributed by atoms with E-state index in [-0.39, 0.29) is 35.0 Å². The zero-order chi connectivity index (χ0) is 22.6. The number of anilines is 2. The normalized spacial score (nSPS) is 11.1. The SMILES string of the molecule is Cc1ccc(C(=N)c2c(N)ncnc2NC(C)(C)CNC(=O)c2ccnc(Cl)n2)cc1. The van der Waals surface area contributed by atoms with E-state index in [4.69, 9.17) is 22.7 Å². The lowest BCUT2D eigenvalue weighted by Crippen LogP contribution is -2.44. The van der Waals surface area contributed by atoms with E-state index < -0.39 is 5.54 Å². The van der Waals surface area contributed by atoms with Gasteiger partial charge in [-0.1, -0.05) is 29.8 Å². The monoisotopic (exact) mass is 438 g/mol. The molecule has 2 heterocycles. The molecule has 0 aliphatic heterocycles. The molecule has 0 fully saturated rings. The molecule has 1 amide bonds. The molecule has 0 bridgehead atoms. The summed E-state index contributed by atoms with van der Waals surface area (Å²) in [5, 5.41) is 14.7. The van der Waals surface area contributed by atoms with Gasteiger partial charge < -0.3 is 16.4 Å². The van der Waals surface area contributed by atoms with E-state index in [0.717, 1.165) is 5.56 Å². The zero-order valence-electron chi connectivity index (χ0n) is 17.4. The number of carbonyl (C=O) groups excluding carboxylic acids is 1. The molecule has 5 N–H and O–H groups in total. The maximum Gasteiger partial charge on any atom is 0.270 e. The minimum Gasteiger partial charge on any atom is -0.383 e. The van der Waals surface area contributed by atoms with Gasteiger partial charge in [0.15, 0.2) is 0 Å². The van der Waals surface area contributed by atoms with Crippen LogP contribution in [-0.4, -0.2) is 43.6 Å². The van der Waals surface area contributed by atoms with Gasteiger partial charge in [-0.05, 0) is 38.4 Å². The first kappa shape index (κ1) is 22.1. The van der Waals surface area contributed by atoms with E-state index in [2.05, 4.69) is 30.6 Å². The van der Waals surface area contributed by atoms with E-state index in [1.165, 1.54) is 18.6 Å². The molecule has 0 saturated carbocycles. The number of nitrogens with two attached hydrogens (primary N) is 1. The summed E-state index contributed by atoms with van der Waals surface area (Å²) < 4.78 is 0. The van der Waals surface area contributed by atoms with Gasteiger partial charge in [-0.2, -0.15) is 0 Å². The Morgan fingerprint density at radius 2 is 1.87 bits per heavy atom. The number of hydrogen-bond donors (Lipinski definition) is 4. The van der Waals surface area contributed by atoms with Crippen molar-refractivity contribution >= 4 is 34.9 Å².